The van der Waals surface area contributed by atoms with Crippen LogP contribution in [0.2, 0.25) is 0 Å². The van der Waals surface area contributed by atoms with Gasteiger partial charge in [0.1, 0.15) is 0 Å². The molecule has 0 spiro atoms. The van der Waals surface area contributed by atoms with E-state index in [0.717, 1.165) is 25.5 Å². The molecule has 21 heavy (non-hydrogen) atoms. The Morgan fingerprint density at radius 3 is 2.33 bits per heavy atom. The Morgan fingerprint density at radius 2 is 1.76 bits per heavy atom. The van der Waals surface area contributed by atoms with Crippen LogP contribution in [0.4, 0.5) is 13.2 Å². The van der Waals surface area contributed by atoms with Gasteiger partial charge in [-0.3, -0.25) is 4.90 Å². The Labute approximate surface area is 124 Å². The van der Waals surface area contributed by atoms with Gasteiger partial charge in [-0.05, 0) is 51.8 Å². The largest absolute Gasteiger partial charge is 0.416 e. The fourth-order valence-electron chi connectivity index (χ4n) is 3.19. The van der Waals surface area contributed by atoms with Gasteiger partial charge in [-0.25, -0.2) is 0 Å². The third kappa shape index (κ3) is 3.40. The lowest BCUT2D eigenvalue weighted by atomic mass is 9.85. The highest BCUT2D eigenvalue weighted by molar-refractivity contribution is 5.34. The number of likely N-dealkylation sites (tertiary alicyclic amines) is 1. The molecule has 0 aromatic heterocycles. The van der Waals surface area contributed by atoms with Crippen LogP contribution in [0, 0.1) is 0 Å². The Kier molecular flexibility index (Phi) is 4.36. The number of hydrogen-bond acceptors (Lipinski definition) is 2. The topological polar surface area (TPSA) is 29.3 Å². The summed E-state index contributed by atoms with van der Waals surface area (Å²) in [4.78, 5) is 2.10. The van der Waals surface area contributed by atoms with Crippen LogP contribution < -0.4 is 5.73 Å². The zero-order valence-corrected chi connectivity index (χ0v) is 12.7. The van der Waals surface area contributed by atoms with Gasteiger partial charge >= 0.3 is 6.18 Å². The van der Waals surface area contributed by atoms with E-state index in [1.165, 1.54) is 6.07 Å². The lowest BCUT2D eigenvalue weighted by molar-refractivity contribution is -0.139. The number of nitrogens with zero attached hydrogens (tertiary/aromatic N) is 1. The molecule has 0 bridgehead atoms. The standard InChI is InChI=1S/C16H23F3N2/c1-15(2,3)21-10-6-9-13(20)14(21)11-7-4-5-8-12(11)16(17,18)19/h4-5,7-8,13-14H,6,9-10,20H2,1-3H3. The maximum absolute atomic E-state index is 13.3. The van der Waals surface area contributed by atoms with Crippen LogP contribution >= 0.6 is 0 Å². The molecule has 2 unspecified atom stereocenters. The van der Waals surface area contributed by atoms with Crippen molar-refractivity contribution in [3.8, 4) is 0 Å². The summed E-state index contributed by atoms with van der Waals surface area (Å²) in [5, 5.41) is 0. The predicted molar refractivity (Wildman–Crippen MR) is 77.9 cm³/mol. The average Bonchev–Trinajstić information content (AvgIpc) is 2.36. The van der Waals surface area contributed by atoms with Gasteiger partial charge < -0.3 is 5.73 Å². The molecule has 0 saturated carbocycles. The minimum atomic E-state index is -4.35. The molecule has 2 nitrogen and oxygen atoms in total. The monoisotopic (exact) mass is 300 g/mol. The normalized spacial score (nSPS) is 25.1. The van der Waals surface area contributed by atoms with Crippen molar-refractivity contribution in [3.63, 3.8) is 0 Å². The van der Waals surface area contributed by atoms with Crippen molar-refractivity contribution in [2.75, 3.05) is 6.54 Å². The summed E-state index contributed by atoms with van der Waals surface area (Å²) < 4.78 is 39.9. The third-order valence-electron chi connectivity index (χ3n) is 4.12. The summed E-state index contributed by atoms with van der Waals surface area (Å²) in [6.07, 6.45) is -2.68. The predicted octanol–water partition coefficient (Wildman–Crippen LogP) is 3.97. The Morgan fingerprint density at radius 1 is 1.14 bits per heavy atom. The van der Waals surface area contributed by atoms with Crippen LogP contribution in [0.15, 0.2) is 24.3 Å². The average molecular weight is 300 g/mol. The van der Waals surface area contributed by atoms with Crippen LogP contribution in [0.1, 0.15) is 50.8 Å². The van der Waals surface area contributed by atoms with E-state index in [-0.39, 0.29) is 11.6 Å². The summed E-state index contributed by atoms with van der Waals surface area (Å²) in [7, 11) is 0. The molecule has 1 aliphatic rings. The third-order valence-corrected chi connectivity index (χ3v) is 4.12. The Balaban J connectivity index is 2.51. The quantitative estimate of drug-likeness (QED) is 0.850. The number of piperidine rings is 1. The SMILES string of the molecule is CC(C)(C)N1CCCC(N)C1c1ccccc1C(F)(F)F. The van der Waals surface area contributed by atoms with Crippen molar-refractivity contribution in [1.82, 2.24) is 4.90 Å². The fourth-order valence-corrected chi connectivity index (χ4v) is 3.19. The van der Waals surface area contributed by atoms with Crippen molar-refractivity contribution in [1.29, 1.82) is 0 Å². The van der Waals surface area contributed by atoms with Gasteiger partial charge in [0.15, 0.2) is 0 Å². The first-order valence-corrected chi connectivity index (χ1v) is 7.31. The molecule has 0 aliphatic carbocycles. The Bertz CT molecular complexity index is 491. The summed E-state index contributed by atoms with van der Waals surface area (Å²) in [6, 6.07) is 5.14. The van der Waals surface area contributed by atoms with Crippen LogP contribution in [-0.4, -0.2) is 23.0 Å². The lowest BCUT2D eigenvalue weighted by Gasteiger charge is -2.48. The first-order valence-electron chi connectivity index (χ1n) is 7.31. The number of alkyl halides is 3. The van der Waals surface area contributed by atoms with Crippen molar-refractivity contribution >= 4 is 0 Å². The maximum atomic E-state index is 13.3. The second-order valence-electron chi connectivity index (χ2n) is 6.70. The van der Waals surface area contributed by atoms with Gasteiger partial charge in [0, 0.05) is 11.6 Å². The summed E-state index contributed by atoms with van der Waals surface area (Å²) >= 11 is 0. The molecular weight excluding hydrogens is 277 g/mol. The first kappa shape index (κ1) is 16.3. The molecule has 1 aromatic carbocycles. The molecule has 2 atom stereocenters. The number of nitrogens with two attached hydrogens (primary N) is 1. The van der Waals surface area contributed by atoms with Gasteiger partial charge in [0.25, 0.3) is 0 Å². The Hall–Kier alpha value is -1.07. The number of rotatable bonds is 1. The highest BCUT2D eigenvalue weighted by Gasteiger charge is 2.41. The van der Waals surface area contributed by atoms with E-state index in [2.05, 4.69) is 4.90 Å². The molecular formula is C16H23F3N2. The zero-order valence-electron chi connectivity index (χ0n) is 12.7. The molecule has 2 rings (SSSR count). The maximum Gasteiger partial charge on any atom is 0.416 e. The molecule has 0 amide bonds. The van der Waals surface area contributed by atoms with Crippen LogP contribution in [-0.2, 0) is 6.18 Å². The number of halogens is 3. The zero-order chi connectivity index (χ0) is 15.8. The first-order chi connectivity index (χ1) is 9.62. The molecule has 5 heteroatoms. The van der Waals surface area contributed by atoms with Crippen molar-refractivity contribution in [2.24, 2.45) is 5.73 Å². The summed E-state index contributed by atoms with van der Waals surface area (Å²) in [5.74, 6) is 0. The van der Waals surface area contributed by atoms with Gasteiger partial charge in [0.05, 0.1) is 11.6 Å². The summed E-state index contributed by atoms with van der Waals surface area (Å²) in [5.41, 5.74) is 5.71. The molecule has 1 fully saturated rings. The molecule has 0 radical (unpaired) electrons. The van der Waals surface area contributed by atoms with Gasteiger partial charge in [-0.1, -0.05) is 18.2 Å². The van der Waals surface area contributed by atoms with Crippen LogP contribution in [0.25, 0.3) is 0 Å². The van der Waals surface area contributed by atoms with Gasteiger partial charge in [0.2, 0.25) is 0 Å². The molecule has 1 aromatic rings. The van der Waals surface area contributed by atoms with E-state index >= 15 is 0 Å². The smallest absolute Gasteiger partial charge is 0.326 e. The second kappa shape index (κ2) is 5.61. The van der Waals surface area contributed by atoms with Crippen molar-refractivity contribution < 1.29 is 13.2 Å². The molecule has 1 saturated heterocycles. The fraction of sp³-hybridized carbons (Fsp3) is 0.625. The van der Waals surface area contributed by atoms with Crippen molar-refractivity contribution in [2.45, 2.75) is 57.4 Å². The number of benzene rings is 1. The minimum absolute atomic E-state index is 0.221. The molecule has 1 aliphatic heterocycles. The van der Waals surface area contributed by atoms with E-state index in [1.54, 1.807) is 12.1 Å². The number of hydrogen-bond donors (Lipinski definition) is 1. The van der Waals surface area contributed by atoms with E-state index < -0.39 is 17.8 Å². The van der Waals surface area contributed by atoms with Gasteiger partial charge in [-0.2, -0.15) is 13.2 Å². The van der Waals surface area contributed by atoms with Crippen molar-refractivity contribution in [3.05, 3.63) is 35.4 Å². The summed E-state index contributed by atoms with van der Waals surface area (Å²) in [6.45, 7) is 6.84. The second-order valence-corrected chi connectivity index (χ2v) is 6.70. The van der Waals surface area contributed by atoms with Gasteiger partial charge in [-0.15, -0.1) is 0 Å². The van der Waals surface area contributed by atoms with E-state index in [9.17, 15) is 13.2 Å². The minimum Gasteiger partial charge on any atom is -0.326 e. The molecule has 1 heterocycles. The van der Waals surface area contributed by atoms with E-state index in [0.29, 0.717) is 5.56 Å². The molecule has 2 N–H and O–H groups in total. The molecule has 118 valence electrons. The van der Waals surface area contributed by atoms with E-state index in [4.69, 9.17) is 5.73 Å². The lowest BCUT2D eigenvalue weighted by Crippen LogP contribution is -2.53. The van der Waals surface area contributed by atoms with Crippen LogP contribution in [0.3, 0.4) is 0 Å². The highest BCUT2D eigenvalue weighted by Crippen LogP contribution is 2.41. The van der Waals surface area contributed by atoms with Crippen LogP contribution in [0.5, 0.6) is 0 Å². The van der Waals surface area contributed by atoms with E-state index in [1.807, 2.05) is 20.8 Å². The highest BCUT2D eigenvalue weighted by atomic mass is 19.4.